The van der Waals surface area contributed by atoms with Gasteiger partial charge in [0.25, 0.3) is 0 Å². The van der Waals surface area contributed by atoms with Crippen LogP contribution in [0.5, 0.6) is 5.75 Å². The normalized spacial score (nSPS) is 9.77. The molecule has 0 atom stereocenters. The molecule has 0 bridgehead atoms. The minimum atomic E-state index is -1.83. The molecule has 1 aromatic rings. The fourth-order valence-corrected chi connectivity index (χ4v) is 9.54. The van der Waals surface area contributed by atoms with Gasteiger partial charge in [0.2, 0.25) is 8.32 Å². The number of halogens is 1. The van der Waals surface area contributed by atoms with Gasteiger partial charge in [0.1, 0.15) is 5.75 Å². The molecule has 0 amide bonds. The van der Waals surface area contributed by atoms with Crippen LogP contribution >= 0.6 is 15.9 Å². The quantitative estimate of drug-likeness (QED) is 0.167. The molecule has 30 heavy (non-hydrogen) atoms. The largest absolute Gasteiger partial charge is 0 e. The van der Waals surface area contributed by atoms with Crippen LogP contribution in [0.2, 0.25) is 16.6 Å². The Morgan fingerprint density at radius 2 is 1.33 bits per heavy atom. The second kappa shape index (κ2) is 21.6. The first-order valence-corrected chi connectivity index (χ1v) is 11.8. The van der Waals surface area contributed by atoms with E-state index in [1.807, 2.05) is 6.07 Å². The SMILES string of the molecule is COCOc1ccc(CO[Si](C(C)C)(C(C)C)C(C)C)cc1Br.[C-]#[O+].[C-]#[O+].[C-]#[O+].[Cr]. The molecule has 0 fully saturated rings. The third-order valence-corrected chi connectivity index (χ3v) is 11.2. The number of ether oxygens (including phenoxy) is 2. The zero-order valence-electron chi connectivity index (χ0n) is 18.6. The number of rotatable bonds is 9. The van der Waals surface area contributed by atoms with Gasteiger partial charge in [-0.15, -0.1) is 0 Å². The molecule has 1 rings (SSSR count). The molecule has 0 aliphatic carbocycles. The van der Waals surface area contributed by atoms with Gasteiger partial charge in [0.15, 0.2) is 6.79 Å². The van der Waals surface area contributed by atoms with E-state index in [2.05, 4.69) is 89.6 Å². The summed E-state index contributed by atoms with van der Waals surface area (Å²) in [7, 11) is -0.214. The topological polar surface area (TPSA) is 87.4 Å². The molecule has 0 aliphatic rings. The van der Waals surface area contributed by atoms with Crippen LogP contribution in [0.4, 0.5) is 0 Å². The van der Waals surface area contributed by atoms with Crippen molar-refractivity contribution in [1.82, 2.24) is 0 Å². The smallest absolute Gasteiger partial charge is 0 e. The average Bonchev–Trinajstić information content (AvgIpc) is 2.71. The van der Waals surface area contributed by atoms with Gasteiger partial charge in [-0.3, -0.25) is 0 Å². The Morgan fingerprint density at radius 1 is 0.900 bits per heavy atom. The van der Waals surface area contributed by atoms with Gasteiger partial charge in [-0.1, -0.05) is 47.6 Å². The van der Waals surface area contributed by atoms with E-state index in [4.69, 9.17) is 27.9 Å². The maximum Gasteiger partial charge on any atom is 0 e. The first-order chi connectivity index (χ1) is 13.8. The molecule has 0 aromatic heterocycles. The van der Waals surface area contributed by atoms with Crippen molar-refractivity contribution in [2.75, 3.05) is 13.9 Å². The second-order valence-electron chi connectivity index (χ2n) is 6.92. The van der Waals surface area contributed by atoms with E-state index in [1.165, 1.54) is 5.56 Å². The molecule has 168 valence electrons. The number of hydrogen-bond donors (Lipinski definition) is 0. The van der Waals surface area contributed by atoms with Gasteiger partial charge in [0.05, 0.1) is 11.1 Å². The van der Waals surface area contributed by atoms with Crippen molar-refractivity contribution in [2.24, 2.45) is 0 Å². The van der Waals surface area contributed by atoms with Crippen LogP contribution in [-0.4, -0.2) is 22.2 Å². The summed E-state index contributed by atoms with van der Waals surface area (Å²) in [6, 6.07) is 6.10. The van der Waals surface area contributed by atoms with Crippen molar-refractivity contribution < 1.29 is 45.2 Å². The summed E-state index contributed by atoms with van der Waals surface area (Å²) in [4.78, 5) is 0. The van der Waals surface area contributed by atoms with Gasteiger partial charge in [0, 0.05) is 24.5 Å². The Balaban J connectivity index is -0.000000441. The van der Waals surface area contributed by atoms with Crippen LogP contribution in [0.15, 0.2) is 22.7 Å². The molecule has 0 saturated heterocycles. The van der Waals surface area contributed by atoms with E-state index in [9.17, 15) is 0 Å². The van der Waals surface area contributed by atoms with Gasteiger partial charge < -0.3 is 13.9 Å². The standard InChI is InChI=1S/C18H31BrO3Si.3CO.Cr/c1-13(2)23(14(3)4,15(5)6)22-11-16-8-9-18(17(19)10-16)21-12-20-7;3*1-2;/h8-10,13-15H,11-12H2,1-7H3;;;;. The number of methoxy groups -OCH3 is 1. The molecule has 9 heteroatoms. The van der Waals surface area contributed by atoms with Crippen molar-refractivity contribution in [3.05, 3.63) is 48.2 Å². The van der Waals surface area contributed by atoms with Crippen molar-refractivity contribution >= 4 is 24.2 Å². The van der Waals surface area contributed by atoms with Crippen LogP contribution in [0.3, 0.4) is 0 Å². The summed E-state index contributed by atoms with van der Waals surface area (Å²) >= 11 is 3.56. The minimum absolute atomic E-state index is 0. The molecule has 1 aromatic carbocycles. The molecular weight excluding hydrogens is 508 g/mol. The molecule has 0 N–H and O–H groups in total. The Bertz CT molecular complexity index is 581. The summed E-state index contributed by atoms with van der Waals surface area (Å²) < 4.78 is 40.5. The van der Waals surface area contributed by atoms with Crippen molar-refractivity contribution in [3.63, 3.8) is 0 Å². The summed E-state index contributed by atoms with van der Waals surface area (Å²) in [6.07, 6.45) is 0. The van der Waals surface area contributed by atoms with Crippen LogP contribution in [-0.2, 0) is 47.1 Å². The summed E-state index contributed by atoms with van der Waals surface area (Å²) in [5, 5.41) is 0. The molecule has 0 heterocycles. The first-order valence-electron chi connectivity index (χ1n) is 8.91. The molecule has 0 spiro atoms. The summed E-state index contributed by atoms with van der Waals surface area (Å²) in [5.74, 6) is 0.788. The van der Waals surface area contributed by atoms with Crippen molar-refractivity contribution in [1.29, 1.82) is 0 Å². The Hall–Kier alpha value is -0.611. The van der Waals surface area contributed by atoms with Crippen molar-refractivity contribution in [3.8, 4) is 5.75 Å². The minimum Gasteiger partial charge on any atom is 0 e. The van der Waals surface area contributed by atoms with Crippen LogP contribution in [0.1, 0.15) is 47.1 Å². The van der Waals surface area contributed by atoms with Gasteiger partial charge >= 0.3 is 33.9 Å². The molecule has 0 radical (unpaired) electrons. The predicted octanol–water partition coefficient (Wildman–Crippen LogP) is 6.01. The first kappa shape index (κ1) is 36.7. The molecule has 0 aliphatic heterocycles. The van der Waals surface area contributed by atoms with E-state index >= 15 is 0 Å². The van der Waals surface area contributed by atoms with Gasteiger partial charge in [-0.25, -0.2) is 0 Å². The summed E-state index contributed by atoms with van der Waals surface area (Å²) in [6.45, 7) is 28.3. The number of benzene rings is 1. The fraction of sp³-hybridized carbons (Fsp3) is 0.571. The van der Waals surface area contributed by atoms with Crippen LogP contribution in [0, 0.1) is 20.0 Å². The Labute approximate surface area is 201 Å². The zero-order valence-corrected chi connectivity index (χ0v) is 22.5. The maximum atomic E-state index is 7.50. The molecular formula is C21H31BrCrO6Si. The van der Waals surface area contributed by atoms with Crippen LogP contribution < -0.4 is 4.74 Å². The average molecular weight is 539 g/mol. The molecule has 0 unspecified atom stereocenters. The van der Waals surface area contributed by atoms with Crippen LogP contribution in [0.25, 0.3) is 0 Å². The third kappa shape index (κ3) is 11.7. The van der Waals surface area contributed by atoms with E-state index in [0.717, 1.165) is 10.2 Å². The van der Waals surface area contributed by atoms with E-state index in [1.54, 1.807) is 7.11 Å². The predicted molar refractivity (Wildman–Crippen MR) is 114 cm³/mol. The number of hydrogen-bond acceptors (Lipinski definition) is 3. The van der Waals surface area contributed by atoms with E-state index in [-0.39, 0.29) is 24.2 Å². The maximum absolute atomic E-state index is 7.50. The zero-order chi connectivity index (χ0) is 23.6. The second-order valence-corrected chi connectivity index (χ2v) is 13.2. The summed E-state index contributed by atoms with van der Waals surface area (Å²) in [5.41, 5.74) is 2.95. The van der Waals surface area contributed by atoms with Gasteiger partial charge in [-0.05, 0) is 50.2 Å². The monoisotopic (exact) mass is 538 g/mol. The Kier molecular flexibility index (Phi) is 26.5. The Morgan fingerprint density at radius 3 is 1.67 bits per heavy atom. The van der Waals surface area contributed by atoms with E-state index < -0.39 is 8.32 Å². The molecule has 0 saturated carbocycles. The van der Waals surface area contributed by atoms with Gasteiger partial charge in [-0.2, -0.15) is 0 Å². The van der Waals surface area contributed by atoms with E-state index in [0.29, 0.717) is 23.2 Å². The third-order valence-electron chi connectivity index (χ3n) is 4.52. The fourth-order valence-electron chi connectivity index (χ4n) is 3.58. The van der Waals surface area contributed by atoms with Crippen molar-refractivity contribution in [2.45, 2.75) is 64.8 Å². The molecule has 6 nitrogen and oxygen atoms in total.